The molecule has 0 spiro atoms. The summed E-state index contributed by atoms with van der Waals surface area (Å²) in [5.41, 5.74) is 6.95. The summed E-state index contributed by atoms with van der Waals surface area (Å²) in [7, 11) is -3.52. The number of halogens is 1. The predicted molar refractivity (Wildman–Crippen MR) is 86.6 cm³/mol. The van der Waals surface area contributed by atoms with Crippen LogP contribution in [0.5, 0.6) is 0 Å². The van der Waals surface area contributed by atoms with E-state index in [1.165, 1.54) is 18.9 Å². The highest BCUT2D eigenvalue weighted by Crippen LogP contribution is 2.31. The van der Waals surface area contributed by atoms with Gasteiger partial charge in [0.1, 0.15) is 0 Å². The van der Waals surface area contributed by atoms with Gasteiger partial charge in [-0.15, -0.1) is 0 Å². The van der Waals surface area contributed by atoms with Gasteiger partial charge in [0, 0.05) is 35.3 Å². The zero-order valence-corrected chi connectivity index (χ0v) is 14.4. The second-order valence-corrected chi connectivity index (χ2v) is 8.51. The first-order chi connectivity index (χ1) is 9.87. The van der Waals surface area contributed by atoms with Gasteiger partial charge in [0.05, 0.1) is 4.90 Å². The van der Waals surface area contributed by atoms with E-state index < -0.39 is 10.0 Å². The average Bonchev–Trinajstić information content (AvgIpc) is 3.15. The molecule has 1 aliphatic heterocycles. The number of aryl methyl sites for hydroxylation is 1. The zero-order chi connectivity index (χ0) is 15.2. The summed E-state index contributed by atoms with van der Waals surface area (Å²) in [4.78, 5) is 2.66. The van der Waals surface area contributed by atoms with Crippen molar-refractivity contribution in [3.63, 3.8) is 0 Å². The van der Waals surface area contributed by atoms with Crippen molar-refractivity contribution in [2.24, 2.45) is 0 Å². The van der Waals surface area contributed by atoms with Crippen LogP contribution >= 0.6 is 15.9 Å². The van der Waals surface area contributed by atoms with E-state index in [9.17, 15) is 8.42 Å². The largest absolute Gasteiger partial charge is 0.398 e. The highest BCUT2D eigenvalue weighted by molar-refractivity contribution is 9.10. The Hall–Kier alpha value is -0.630. The van der Waals surface area contributed by atoms with Crippen LogP contribution in [0.1, 0.15) is 24.8 Å². The van der Waals surface area contributed by atoms with Crippen LogP contribution in [0, 0.1) is 6.92 Å². The molecule has 1 aromatic rings. The standard InChI is InChI=1S/C14H20BrN3O2S/c1-9-6-12(15)13(16)7-14(9)21(19,20)17-10-4-5-18(8-10)11-2-3-11/h6-7,10-11,17H,2-5,8,16H2,1H3. The molecule has 1 aromatic carbocycles. The van der Waals surface area contributed by atoms with Crippen LogP contribution in [-0.2, 0) is 10.0 Å². The molecule has 1 heterocycles. The van der Waals surface area contributed by atoms with Gasteiger partial charge in [-0.3, -0.25) is 4.90 Å². The SMILES string of the molecule is Cc1cc(Br)c(N)cc1S(=O)(=O)NC1CCN(C2CC2)C1. The van der Waals surface area contributed by atoms with Crippen LogP contribution in [0.25, 0.3) is 0 Å². The Morgan fingerprint density at radius 1 is 1.33 bits per heavy atom. The molecule has 0 radical (unpaired) electrons. The van der Waals surface area contributed by atoms with E-state index >= 15 is 0 Å². The van der Waals surface area contributed by atoms with Gasteiger partial charge < -0.3 is 5.73 Å². The monoisotopic (exact) mass is 373 g/mol. The van der Waals surface area contributed by atoms with Crippen LogP contribution in [0.15, 0.2) is 21.5 Å². The molecule has 5 nitrogen and oxygen atoms in total. The Morgan fingerprint density at radius 2 is 2.05 bits per heavy atom. The van der Waals surface area contributed by atoms with E-state index in [1.54, 1.807) is 13.0 Å². The van der Waals surface area contributed by atoms with Gasteiger partial charge in [-0.1, -0.05) is 0 Å². The summed E-state index contributed by atoms with van der Waals surface area (Å²) in [6.07, 6.45) is 3.38. The minimum atomic E-state index is -3.52. The molecule has 3 rings (SSSR count). The Kier molecular flexibility index (Phi) is 4.02. The van der Waals surface area contributed by atoms with Crippen molar-refractivity contribution in [2.45, 2.75) is 43.2 Å². The van der Waals surface area contributed by atoms with Crippen LogP contribution in [-0.4, -0.2) is 38.5 Å². The number of likely N-dealkylation sites (tertiary alicyclic amines) is 1. The lowest BCUT2D eigenvalue weighted by Gasteiger charge is -2.17. The van der Waals surface area contributed by atoms with E-state index in [0.717, 1.165) is 24.0 Å². The van der Waals surface area contributed by atoms with Gasteiger partial charge in [0.2, 0.25) is 10.0 Å². The molecule has 0 bridgehead atoms. The Morgan fingerprint density at radius 3 is 2.71 bits per heavy atom. The number of rotatable bonds is 4. The molecule has 7 heteroatoms. The first kappa shape index (κ1) is 15.3. The number of anilines is 1. The lowest BCUT2D eigenvalue weighted by molar-refractivity contribution is 0.322. The third-order valence-electron chi connectivity index (χ3n) is 4.19. The number of benzene rings is 1. The smallest absolute Gasteiger partial charge is 0.241 e. The molecule has 1 unspecified atom stereocenters. The average molecular weight is 374 g/mol. The lowest BCUT2D eigenvalue weighted by Crippen LogP contribution is -2.37. The Labute approximate surface area is 134 Å². The third kappa shape index (κ3) is 3.26. The number of nitrogens with two attached hydrogens (primary N) is 1. The van der Waals surface area contributed by atoms with Crippen molar-refractivity contribution in [3.05, 3.63) is 22.2 Å². The molecule has 116 valence electrons. The maximum absolute atomic E-state index is 12.6. The Bertz CT molecular complexity index is 658. The van der Waals surface area contributed by atoms with Gasteiger partial charge in [-0.05, 0) is 59.8 Å². The minimum Gasteiger partial charge on any atom is -0.398 e. The molecule has 2 fully saturated rings. The summed E-state index contributed by atoms with van der Waals surface area (Å²) >= 11 is 3.32. The fourth-order valence-corrected chi connectivity index (χ4v) is 4.88. The van der Waals surface area contributed by atoms with E-state index in [0.29, 0.717) is 17.3 Å². The number of hydrogen-bond donors (Lipinski definition) is 2. The number of nitrogens with one attached hydrogen (secondary N) is 1. The molecule has 0 amide bonds. The van der Waals surface area contributed by atoms with E-state index in [2.05, 4.69) is 25.6 Å². The van der Waals surface area contributed by atoms with Crippen molar-refractivity contribution in [2.75, 3.05) is 18.8 Å². The summed E-state index contributed by atoms with van der Waals surface area (Å²) in [5.74, 6) is 0. The maximum atomic E-state index is 12.6. The molecule has 1 saturated carbocycles. The quantitative estimate of drug-likeness (QED) is 0.789. The number of hydrogen-bond acceptors (Lipinski definition) is 4. The van der Waals surface area contributed by atoms with Crippen LogP contribution in [0.4, 0.5) is 5.69 Å². The molecule has 21 heavy (non-hydrogen) atoms. The molecule has 2 aliphatic rings. The molecule has 1 saturated heterocycles. The second kappa shape index (κ2) is 5.53. The fourth-order valence-electron chi connectivity index (χ4n) is 2.90. The molecule has 1 atom stereocenters. The van der Waals surface area contributed by atoms with Crippen molar-refractivity contribution >= 4 is 31.6 Å². The van der Waals surface area contributed by atoms with Gasteiger partial charge in [0.15, 0.2) is 0 Å². The number of sulfonamides is 1. The van der Waals surface area contributed by atoms with Gasteiger partial charge in [0.25, 0.3) is 0 Å². The number of nitrogens with zero attached hydrogens (tertiary/aromatic N) is 1. The molecular formula is C14H20BrN3O2S. The summed E-state index contributed by atoms with van der Waals surface area (Å²) < 4.78 is 28.7. The van der Waals surface area contributed by atoms with Crippen molar-refractivity contribution in [1.82, 2.24) is 9.62 Å². The van der Waals surface area contributed by atoms with Crippen molar-refractivity contribution in [3.8, 4) is 0 Å². The summed E-state index contributed by atoms with van der Waals surface area (Å²) in [6, 6.07) is 3.95. The second-order valence-electron chi connectivity index (χ2n) is 5.97. The highest BCUT2D eigenvalue weighted by Gasteiger charge is 2.36. The lowest BCUT2D eigenvalue weighted by atomic mass is 10.2. The molecule has 0 aromatic heterocycles. The highest BCUT2D eigenvalue weighted by atomic mass is 79.9. The molecular weight excluding hydrogens is 354 g/mol. The van der Waals surface area contributed by atoms with Gasteiger partial charge in [-0.2, -0.15) is 0 Å². The molecule has 1 aliphatic carbocycles. The predicted octanol–water partition coefficient (Wildman–Crippen LogP) is 1.85. The number of nitrogen functional groups attached to an aromatic ring is 1. The van der Waals surface area contributed by atoms with Gasteiger partial charge >= 0.3 is 0 Å². The zero-order valence-electron chi connectivity index (χ0n) is 12.0. The van der Waals surface area contributed by atoms with Crippen molar-refractivity contribution < 1.29 is 8.42 Å². The maximum Gasteiger partial charge on any atom is 0.241 e. The van der Waals surface area contributed by atoms with Gasteiger partial charge in [-0.25, -0.2) is 13.1 Å². The van der Waals surface area contributed by atoms with Crippen LogP contribution in [0.3, 0.4) is 0 Å². The summed E-state index contributed by atoms with van der Waals surface area (Å²) in [5, 5.41) is 0. The molecule has 3 N–H and O–H groups in total. The fraction of sp³-hybridized carbons (Fsp3) is 0.571. The van der Waals surface area contributed by atoms with E-state index in [4.69, 9.17) is 5.73 Å². The Balaban J connectivity index is 1.76. The normalized spacial score (nSPS) is 23.6. The third-order valence-corrected chi connectivity index (χ3v) is 6.54. The minimum absolute atomic E-state index is 0.000119. The van der Waals surface area contributed by atoms with E-state index in [1.807, 2.05) is 0 Å². The van der Waals surface area contributed by atoms with E-state index in [-0.39, 0.29) is 10.9 Å². The first-order valence-electron chi connectivity index (χ1n) is 7.19. The topological polar surface area (TPSA) is 75.4 Å². The van der Waals surface area contributed by atoms with Crippen LogP contribution in [0.2, 0.25) is 0 Å². The van der Waals surface area contributed by atoms with Crippen LogP contribution < -0.4 is 10.5 Å². The van der Waals surface area contributed by atoms with Crippen molar-refractivity contribution in [1.29, 1.82) is 0 Å². The first-order valence-corrected chi connectivity index (χ1v) is 9.46. The summed E-state index contributed by atoms with van der Waals surface area (Å²) in [6.45, 7) is 3.58.